The van der Waals surface area contributed by atoms with Gasteiger partial charge >= 0.3 is 0 Å². The number of nitrogens with zero attached hydrogens (tertiary/aromatic N) is 2. The van der Waals surface area contributed by atoms with Gasteiger partial charge in [0.25, 0.3) is 10.0 Å². The molecule has 3 aromatic rings. The van der Waals surface area contributed by atoms with Crippen molar-refractivity contribution in [2.75, 3.05) is 0 Å². The van der Waals surface area contributed by atoms with Crippen LogP contribution in [0.15, 0.2) is 53.7 Å². The van der Waals surface area contributed by atoms with E-state index in [0.717, 1.165) is 0 Å². The van der Waals surface area contributed by atoms with E-state index in [-0.39, 0.29) is 4.90 Å². The summed E-state index contributed by atoms with van der Waals surface area (Å²) in [7, 11) is -3.71. The van der Waals surface area contributed by atoms with Crippen LogP contribution in [-0.2, 0) is 10.0 Å². The third-order valence-electron chi connectivity index (χ3n) is 3.11. The summed E-state index contributed by atoms with van der Waals surface area (Å²) in [4.78, 5) is 4.30. The Hall–Kier alpha value is -1.85. The molecule has 0 radical (unpaired) electrons. The van der Waals surface area contributed by atoms with Gasteiger partial charge in [0, 0.05) is 5.02 Å². The summed E-state index contributed by atoms with van der Waals surface area (Å²) < 4.78 is 26.7. The van der Waals surface area contributed by atoms with Crippen molar-refractivity contribution in [3.8, 4) is 0 Å². The van der Waals surface area contributed by atoms with Crippen molar-refractivity contribution in [3.05, 3.63) is 59.4 Å². The van der Waals surface area contributed by atoms with Gasteiger partial charge in [0.15, 0.2) is 0 Å². The van der Waals surface area contributed by atoms with Crippen LogP contribution >= 0.6 is 11.6 Å². The van der Waals surface area contributed by atoms with Gasteiger partial charge < -0.3 is 0 Å². The Balaban J connectivity index is 2.29. The van der Waals surface area contributed by atoms with E-state index in [1.165, 1.54) is 16.4 Å². The van der Waals surface area contributed by atoms with Crippen molar-refractivity contribution in [2.45, 2.75) is 11.8 Å². The lowest BCUT2D eigenvalue weighted by Crippen LogP contribution is -2.13. The molecule has 102 valence electrons. The van der Waals surface area contributed by atoms with Crippen molar-refractivity contribution in [2.24, 2.45) is 0 Å². The molecular weight excluding hydrogens is 296 g/mol. The number of benzene rings is 2. The van der Waals surface area contributed by atoms with E-state index in [0.29, 0.717) is 21.6 Å². The fourth-order valence-corrected chi connectivity index (χ4v) is 3.87. The third kappa shape index (κ3) is 1.99. The van der Waals surface area contributed by atoms with Gasteiger partial charge in [-0.3, -0.25) is 0 Å². The van der Waals surface area contributed by atoms with Crippen LogP contribution in [0.3, 0.4) is 0 Å². The van der Waals surface area contributed by atoms with Crippen LogP contribution in [0, 0.1) is 6.92 Å². The number of halogens is 1. The van der Waals surface area contributed by atoms with Crippen LogP contribution in [-0.4, -0.2) is 17.4 Å². The highest BCUT2D eigenvalue weighted by atomic mass is 35.5. The zero-order valence-electron chi connectivity index (χ0n) is 10.6. The van der Waals surface area contributed by atoms with E-state index >= 15 is 0 Å². The molecule has 0 aliphatic heterocycles. The molecule has 0 fully saturated rings. The van der Waals surface area contributed by atoms with Gasteiger partial charge in [-0.15, -0.1) is 0 Å². The molecule has 1 heterocycles. The first-order valence-electron chi connectivity index (χ1n) is 5.94. The van der Waals surface area contributed by atoms with Gasteiger partial charge in [0.05, 0.1) is 15.9 Å². The Morgan fingerprint density at radius 3 is 2.70 bits per heavy atom. The van der Waals surface area contributed by atoms with E-state index in [4.69, 9.17) is 11.6 Å². The molecule has 3 rings (SSSR count). The second-order valence-corrected chi connectivity index (χ2v) is 6.66. The monoisotopic (exact) mass is 306 g/mol. The minimum atomic E-state index is -3.71. The normalized spacial score (nSPS) is 11.9. The van der Waals surface area contributed by atoms with Crippen LogP contribution in [0.4, 0.5) is 0 Å². The highest BCUT2D eigenvalue weighted by Gasteiger charge is 2.21. The van der Waals surface area contributed by atoms with Gasteiger partial charge in [-0.25, -0.2) is 17.4 Å². The van der Waals surface area contributed by atoms with Gasteiger partial charge in [0.1, 0.15) is 6.33 Å². The van der Waals surface area contributed by atoms with E-state index < -0.39 is 10.0 Å². The van der Waals surface area contributed by atoms with Gasteiger partial charge in [-0.2, -0.15) is 0 Å². The lowest BCUT2D eigenvalue weighted by Gasteiger charge is -2.09. The summed E-state index contributed by atoms with van der Waals surface area (Å²) in [6.07, 6.45) is 1.32. The standard InChI is InChI=1S/C14H11ClN2O2S/c1-10-6-7-11(15)8-14(10)20(18,19)17-9-16-12-4-2-3-5-13(12)17/h2-9H,1H3. The van der Waals surface area contributed by atoms with Crippen molar-refractivity contribution < 1.29 is 8.42 Å². The van der Waals surface area contributed by atoms with E-state index in [9.17, 15) is 8.42 Å². The number of imidazole rings is 1. The highest BCUT2D eigenvalue weighted by Crippen LogP contribution is 2.25. The minimum Gasteiger partial charge on any atom is -0.236 e. The number of hydrogen-bond donors (Lipinski definition) is 0. The fourth-order valence-electron chi connectivity index (χ4n) is 2.09. The minimum absolute atomic E-state index is 0.188. The Kier molecular flexibility index (Phi) is 3.03. The Morgan fingerprint density at radius 2 is 1.90 bits per heavy atom. The lowest BCUT2D eigenvalue weighted by atomic mass is 10.2. The molecule has 0 saturated heterocycles. The summed E-state index contributed by atoms with van der Waals surface area (Å²) in [5, 5.41) is 0.388. The zero-order chi connectivity index (χ0) is 14.3. The maximum absolute atomic E-state index is 12.7. The zero-order valence-corrected chi connectivity index (χ0v) is 12.2. The molecule has 0 aliphatic carbocycles. The first-order chi connectivity index (χ1) is 9.50. The molecule has 0 N–H and O–H groups in total. The fraction of sp³-hybridized carbons (Fsp3) is 0.0714. The SMILES string of the molecule is Cc1ccc(Cl)cc1S(=O)(=O)n1cnc2ccccc21. The van der Waals surface area contributed by atoms with Crippen molar-refractivity contribution >= 4 is 32.7 Å². The number of rotatable bonds is 2. The molecule has 0 aliphatic rings. The second-order valence-electron chi connectivity index (χ2n) is 4.44. The van der Waals surface area contributed by atoms with E-state index in [1.54, 1.807) is 37.3 Å². The Morgan fingerprint density at radius 1 is 1.15 bits per heavy atom. The smallest absolute Gasteiger partial charge is 0.236 e. The van der Waals surface area contributed by atoms with E-state index in [1.807, 2.05) is 6.07 Å². The molecule has 1 aromatic heterocycles. The van der Waals surface area contributed by atoms with Crippen molar-refractivity contribution in [1.82, 2.24) is 8.96 Å². The highest BCUT2D eigenvalue weighted by molar-refractivity contribution is 7.90. The van der Waals surface area contributed by atoms with Crippen LogP contribution in [0.1, 0.15) is 5.56 Å². The molecule has 0 atom stereocenters. The third-order valence-corrected chi connectivity index (χ3v) is 5.15. The summed E-state index contributed by atoms with van der Waals surface area (Å²) in [5.74, 6) is 0. The molecule has 2 aromatic carbocycles. The lowest BCUT2D eigenvalue weighted by molar-refractivity contribution is 0.588. The summed E-state index contributed by atoms with van der Waals surface area (Å²) in [6.45, 7) is 1.74. The molecule has 0 saturated carbocycles. The number of aromatic nitrogens is 2. The number of fused-ring (bicyclic) bond motifs is 1. The molecule has 20 heavy (non-hydrogen) atoms. The van der Waals surface area contributed by atoms with Crippen LogP contribution in [0.25, 0.3) is 11.0 Å². The average Bonchev–Trinajstić information content (AvgIpc) is 2.86. The van der Waals surface area contributed by atoms with Crippen LogP contribution < -0.4 is 0 Å². The first kappa shape index (κ1) is 13.1. The number of para-hydroxylation sites is 2. The van der Waals surface area contributed by atoms with Gasteiger partial charge in [-0.1, -0.05) is 29.8 Å². The molecule has 4 nitrogen and oxygen atoms in total. The van der Waals surface area contributed by atoms with E-state index in [2.05, 4.69) is 4.98 Å². The summed E-state index contributed by atoms with van der Waals surface area (Å²) >= 11 is 5.91. The maximum atomic E-state index is 12.7. The van der Waals surface area contributed by atoms with Gasteiger partial charge in [0.2, 0.25) is 0 Å². The van der Waals surface area contributed by atoms with Crippen molar-refractivity contribution in [1.29, 1.82) is 0 Å². The van der Waals surface area contributed by atoms with Crippen molar-refractivity contribution in [3.63, 3.8) is 0 Å². The molecule has 0 bridgehead atoms. The van der Waals surface area contributed by atoms with Gasteiger partial charge in [-0.05, 0) is 36.8 Å². The van der Waals surface area contributed by atoms with Crippen LogP contribution in [0.2, 0.25) is 5.02 Å². The predicted molar refractivity (Wildman–Crippen MR) is 78.5 cm³/mol. The number of aryl methyl sites for hydroxylation is 1. The quantitative estimate of drug-likeness (QED) is 0.730. The molecule has 0 unspecified atom stereocenters. The molecule has 6 heteroatoms. The second kappa shape index (κ2) is 4.61. The largest absolute Gasteiger partial charge is 0.269 e. The Labute approximate surface area is 121 Å². The predicted octanol–water partition coefficient (Wildman–Crippen LogP) is 3.24. The Bertz CT molecular complexity index is 900. The maximum Gasteiger partial charge on any atom is 0.269 e. The molecule has 0 spiro atoms. The first-order valence-corrected chi connectivity index (χ1v) is 7.76. The number of hydrogen-bond acceptors (Lipinski definition) is 3. The molecule has 0 amide bonds. The topological polar surface area (TPSA) is 52.0 Å². The summed E-state index contributed by atoms with van der Waals surface area (Å²) in [6, 6.07) is 11.9. The van der Waals surface area contributed by atoms with Crippen LogP contribution in [0.5, 0.6) is 0 Å². The summed E-state index contributed by atoms with van der Waals surface area (Å²) in [5.41, 5.74) is 1.83. The average molecular weight is 307 g/mol. The molecular formula is C14H11ClN2O2S.